The lowest BCUT2D eigenvalue weighted by Crippen LogP contribution is -2.24. The molecule has 3 N–H and O–H groups in total. The monoisotopic (exact) mass is 236 g/mol. The predicted molar refractivity (Wildman–Crippen MR) is 63.2 cm³/mol. The van der Waals surface area contributed by atoms with E-state index in [4.69, 9.17) is 15.3 Å². The van der Waals surface area contributed by atoms with Gasteiger partial charge in [-0.2, -0.15) is 9.59 Å². The summed E-state index contributed by atoms with van der Waals surface area (Å²) in [7, 11) is 0. The highest BCUT2D eigenvalue weighted by atomic mass is 16.2. The molecule has 17 heavy (non-hydrogen) atoms. The Labute approximate surface area is 100 Å². The first-order valence-corrected chi connectivity index (χ1v) is 5.20. The van der Waals surface area contributed by atoms with E-state index >= 15 is 0 Å². The molecule has 0 spiro atoms. The van der Waals surface area contributed by atoms with Gasteiger partial charge in [-0.05, 0) is 25.5 Å². The molecule has 0 aliphatic carbocycles. The highest BCUT2D eigenvalue weighted by Gasteiger charge is 2.08. The quantitative estimate of drug-likeness (QED) is 0.770. The molecule has 5 heteroatoms. The van der Waals surface area contributed by atoms with E-state index in [1.54, 1.807) is 12.1 Å². The molecule has 0 saturated carbocycles. The van der Waals surface area contributed by atoms with E-state index in [-0.39, 0.29) is 12.1 Å². The van der Waals surface area contributed by atoms with Crippen molar-refractivity contribution in [3.63, 3.8) is 0 Å². The molecule has 0 unspecified atom stereocenters. The van der Waals surface area contributed by atoms with Crippen molar-refractivity contribution in [3.05, 3.63) is 29.3 Å². The van der Waals surface area contributed by atoms with Crippen molar-refractivity contribution in [1.82, 2.24) is 5.32 Å². The van der Waals surface area contributed by atoms with E-state index in [2.05, 4.69) is 5.32 Å². The van der Waals surface area contributed by atoms with Gasteiger partial charge in [0.25, 0.3) is 5.91 Å². The summed E-state index contributed by atoms with van der Waals surface area (Å²) in [5.74, 6) is -0.0898. The maximum Gasteiger partial charge on any atom is 0.373 e. The van der Waals surface area contributed by atoms with Crippen molar-refractivity contribution in [2.24, 2.45) is 0 Å². The Kier molecular flexibility index (Phi) is 7.06. The molecule has 92 valence electrons. The van der Waals surface area contributed by atoms with Gasteiger partial charge in [-0.15, -0.1) is 0 Å². The molecule has 5 nitrogen and oxygen atoms in total. The molecule has 0 heterocycles. The van der Waals surface area contributed by atoms with Crippen molar-refractivity contribution >= 4 is 17.7 Å². The van der Waals surface area contributed by atoms with Gasteiger partial charge in [0, 0.05) is 12.2 Å². The Bertz CT molecular complexity index is 410. The average Bonchev–Trinajstić information content (AvgIpc) is 2.30. The lowest BCUT2D eigenvalue weighted by Gasteiger charge is -2.07. The van der Waals surface area contributed by atoms with E-state index in [0.29, 0.717) is 17.8 Å². The Hall–Kier alpha value is -2.13. The summed E-state index contributed by atoms with van der Waals surface area (Å²) in [6, 6.07) is 5.46. The van der Waals surface area contributed by atoms with Gasteiger partial charge in [-0.3, -0.25) is 4.79 Å². The predicted octanol–water partition coefficient (Wildman–Crippen LogP) is 1.13. The number of anilines is 1. The molecular weight excluding hydrogens is 220 g/mol. The SMILES string of the molecule is CCCNC(=O)c1cc(C)ccc1N.O=C=O. The Balaban J connectivity index is 0.000000770. The van der Waals surface area contributed by atoms with Crippen LogP contribution in [0.1, 0.15) is 29.3 Å². The third-order valence-corrected chi connectivity index (χ3v) is 1.99. The van der Waals surface area contributed by atoms with Gasteiger partial charge < -0.3 is 11.1 Å². The fraction of sp³-hybridized carbons (Fsp3) is 0.333. The lowest BCUT2D eigenvalue weighted by atomic mass is 10.1. The first-order chi connectivity index (χ1) is 8.06. The lowest BCUT2D eigenvalue weighted by molar-refractivity contribution is -0.191. The summed E-state index contributed by atoms with van der Waals surface area (Å²) in [6.07, 6.45) is 1.18. The largest absolute Gasteiger partial charge is 0.398 e. The third kappa shape index (κ3) is 5.49. The first-order valence-electron chi connectivity index (χ1n) is 5.20. The summed E-state index contributed by atoms with van der Waals surface area (Å²) in [5.41, 5.74) is 7.84. The topological polar surface area (TPSA) is 89.3 Å². The minimum atomic E-state index is -0.0898. The van der Waals surface area contributed by atoms with Gasteiger partial charge >= 0.3 is 6.15 Å². The van der Waals surface area contributed by atoms with Crippen molar-refractivity contribution < 1.29 is 14.4 Å². The van der Waals surface area contributed by atoms with Crippen LogP contribution in [-0.2, 0) is 9.59 Å². The number of nitrogens with two attached hydrogens (primary N) is 1. The van der Waals surface area contributed by atoms with Crippen LogP contribution in [0.15, 0.2) is 18.2 Å². The van der Waals surface area contributed by atoms with Crippen LogP contribution in [-0.4, -0.2) is 18.6 Å². The van der Waals surface area contributed by atoms with Crippen LogP contribution >= 0.6 is 0 Å². The third-order valence-electron chi connectivity index (χ3n) is 1.99. The number of nitrogens with one attached hydrogen (secondary N) is 1. The standard InChI is InChI=1S/C11H16N2O.CO2/c1-3-6-13-11(14)9-7-8(2)4-5-10(9)12;2-1-3/h4-5,7H,3,6,12H2,1-2H3,(H,13,14);. The van der Waals surface area contributed by atoms with E-state index in [9.17, 15) is 4.79 Å². The molecule has 0 radical (unpaired) electrons. The second-order valence-electron chi connectivity index (χ2n) is 3.43. The molecule has 0 aromatic heterocycles. The molecule has 1 rings (SSSR count). The van der Waals surface area contributed by atoms with Crippen molar-refractivity contribution in [2.45, 2.75) is 20.3 Å². The van der Waals surface area contributed by atoms with Gasteiger partial charge in [0.15, 0.2) is 0 Å². The van der Waals surface area contributed by atoms with Gasteiger partial charge in [0.05, 0.1) is 5.56 Å². The van der Waals surface area contributed by atoms with E-state index in [1.807, 2.05) is 19.9 Å². The summed E-state index contributed by atoms with van der Waals surface area (Å²) in [4.78, 5) is 27.8. The van der Waals surface area contributed by atoms with Gasteiger partial charge in [0.1, 0.15) is 0 Å². The zero-order chi connectivity index (χ0) is 13.3. The average molecular weight is 236 g/mol. The smallest absolute Gasteiger partial charge is 0.373 e. The second kappa shape index (κ2) is 8.07. The molecule has 1 aromatic carbocycles. The number of carbonyl (C=O) groups is 1. The number of rotatable bonds is 3. The number of amides is 1. The number of hydrogen-bond acceptors (Lipinski definition) is 4. The second-order valence-corrected chi connectivity index (χ2v) is 3.43. The minimum Gasteiger partial charge on any atom is -0.398 e. The van der Waals surface area contributed by atoms with Gasteiger partial charge in [-0.1, -0.05) is 18.6 Å². The van der Waals surface area contributed by atoms with Crippen molar-refractivity contribution in [1.29, 1.82) is 0 Å². The van der Waals surface area contributed by atoms with Crippen molar-refractivity contribution in [2.75, 3.05) is 12.3 Å². The van der Waals surface area contributed by atoms with Crippen LogP contribution in [0.5, 0.6) is 0 Å². The number of aryl methyl sites for hydroxylation is 1. The molecule has 1 aromatic rings. The summed E-state index contributed by atoms with van der Waals surface area (Å²) < 4.78 is 0. The van der Waals surface area contributed by atoms with Crippen LogP contribution in [0.4, 0.5) is 5.69 Å². The number of carbonyl (C=O) groups excluding carboxylic acids is 3. The molecular formula is C12H16N2O3. The maximum atomic E-state index is 11.6. The highest BCUT2D eigenvalue weighted by molar-refractivity contribution is 5.99. The van der Waals surface area contributed by atoms with E-state index in [1.165, 1.54) is 0 Å². The van der Waals surface area contributed by atoms with Crippen LogP contribution < -0.4 is 11.1 Å². The normalized spacial score (nSPS) is 8.59. The maximum absolute atomic E-state index is 11.6. The molecule has 1 amide bonds. The van der Waals surface area contributed by atoms with E-state index in [0.717, 1.165) is 12.0 Å². The molecule has 0 atom stereocenters. The van der Waals surface area contributed by atoms with Crippen LogP contribution in [0.3, 0.4) is 0 Å². The first kappa shape index (κ1) is 14.9. The molecule has 0 bridgehead atoms. The zero-order valence-electron chi connectivity index (χ0n) is 9.95. The summed E-state index contributed by atoms with van der Waals surface area (Å²) in [5, 5.41) is 2.80. The number of nitrogen functional groups attached to an aromatic ring is 1. The van der Waals surface area contributed by atoms with Crippen LogP contribution in [0.25, 0.3) is 0 Å². The fourth-order valence-electron chi connectivity index (χ4n) is 1.20. The Morgan fingerprint density at radius 3 is 2.53 bits per heavy atom. The zero-order valence-corrected chi connectivity index (χ0v) is 9.95. The summed E-state index contributed by atoms with van der Waals surface area (Å²) >= 11 is 0. The van der Waals surface area contributed by atoms with Gasteiger partial charge in [0.2, 0.25) is 0 Å². The highest BCUT2D eigenvalue weighted by Crippen LogP contribution is 2.13. The molecule has 0 aliphatic heterocycles. The van der Waals surface area contributed by atoms with E-state index < -0.39 is 0 Å². The van der Waals surface area contributed by atoms with Crippen molar-refractivity contribution in [3.8, 4) is 0 Å². The molecule has 0 aliphatic rings. The Morgan fingerprint density at radius 1 is 1.41 bits per heavy atom. The molecule has 0 saturated heterocycles. The van der Waals surface area contributed by atoms with Crippen LogP contribution in [0, 0.1) is 6.92 Å². The summed E-state index contributed by atoms with van der Waals surface area (Å²) in [6.45, 7) is 4.64. The minimum absolute atomic E-state index is 0.0898. The number of benzene rings is 1. The van der Waals surface area contributed by atoms with Gasteiger partial charge in [-0.25, -0.2) is 0 Å². The molecule has 0 fully saturated rings. The fourth-order valence-corrected chi connectivity index (χ4v) is 1.20. The Morgan fingerprint density at radius 2 is 2.00 bits per heavy atom. The number of hydrogen-bond donors (Lipinski definition) is 2. The van der Waals surface area contributed by atoms with Crippen LogP contribution in [0.2, 0.25) is 0 Å².